The second kappa shape index (κ2) is 7.46. The molecule has 1 aromatic heterocycles. The molecule has 4 aliphatic rings. The number of nitriles is 1. The van der Waals surface area contributed by atoms with Crippen molar-refractivity contribution in [1.82, 2.24) is 9.78 Å². The molecule has 9 unspecified atom stereocenters. The standard InChI is InChI=1S/C25H34FN3O/c1-15-3-4-17-18-7-8-25(2)21(19(18)10-23(26)20(17)9-15)5-6-22(25)24(30)14-29-13-16(11-27)12-28-29/h12-13,15,17-23H,3-10,14H2,1-2H3. The third-order valence-corrected chi connectivity index (χ3v) is 9.69. The van der Waals surface area contributed by atoms with E-state index in [9.17, 15) is 4.79 Å². The minimum Gasteiger partial charge on any atom is -0.297 e. The molecule has 0 N–H and O–H groups in total. The number of carbonyl (C=O) groups excluding carboxylic acids is 1. The van der Waals surface area contributed by atoms with Gasteiger partial charge in [-0.3, -0.25) is 9.48 Å². The lowest BCUT2D eigenvalue weighted by Gasteiger charge is -2.56. The quantitative estimate of drug-likeness (QED) is 0.689. The van der Waals surface area contributed by atoms with Crippen molar-refractivity contribution in [2.24, 2.45) is 46.8 Å². The summed E-state index contributed by atoms with van der Waals surface area (Å²) in [5, 5.41) is 13.2. The molecule has 5 heteroatoms. The lowest BCUT2D eigenvalue weighted by atomic mass is 9.49. The minimum absolute atomic E-state index is 0.00201. The highest BCUT2D eigenvalue weighted by Crippen LogP contribution is 2.64. The molecule has 0 bridgehead atoms. The van der Waals surface area contributed by atoms with E-state index in [2.05, 4.69) is 25.0 Å². The van der Waals surface area contributed by atoms with Crippen molar-refractivity contribution < 1.29 is 9.18 Å². The normalized spacial score (nSPS) is 45.1. The zero-order valence-electron chi connectivity index (χ0n) is 18.3. The molecule has 0 spiro atoms. The molecular weight excluding hydrogens is 377 g/mol. The Morgan fingerprint density at radius 2 is 2.00 bits per heavy atom. The first kappa shape index (κ1) is 20.2. The monoisotopic (exact) mass is 411 g/mol. The lowest BCUT2D eigenvalue weighted by molar-refractivity contribution is -0.133. The molecule has 1 heterocycles. The van der Waals surface area contributed by atoms with E-state index in [-0.39, 0.29) is 29.6 Å². The van der Waals surface area contributed by atoms with E-state index >= 15 is 4.39 Å². The first-order valence-corrected chi connectivity index (χ1v) is 12.0. The maximum Gasteiger partial charge on any atom is 0.157 e. The molecule has 4 nitrogen and oxygen atoms in total. The Balaban J connectivity index is 1.33. The van der Waals surface area contributed by atoms with Gasteiger partial charge < -0.3 is 0 Å². The van der Waals surface area contributed by atoms with Crippen molar-refractivity contribution in [3.8, 4) is 6.07 Å². The van der Waals surface area contributed by atoms with Crippen LogP contribution in [-0.2, 0) is 11.3 Å². The Hall–Kier alpha value is -1.70. The van der Waals surface area contributed by atoms with Crippen LogP contribution in [0.2, 0.25) is 0 Å². The van der Waals surface area contributed by atoms with Gasteiger partial charge in [0.1, 0.15) is 12.2 Å². The van der Waals surface area contributed by atoms with Crippen molar-refractivity contribution in [1.29, 1.82) is 5.26 Å². The van der Waals surface area contributed by atoms with Gasteiger partial charge in [-0.15, -0.1) is 0 Å². The predicted octanol–water partition coefficient (Wildman–Crippen LogP) is 5.18. The van der Waals surface area contributed by atoms with Crippen molar-refractivity contribution in [2.75, 3.05) is 0 Å². The summed E-state index contributed by atoms with van der Waals surface area (Å²) < 4.78 is 16.9. The molecule has 162 valence electrons. The minimum atomic E-state index is -0.649. The van der Waals surface area contributed by atoms with Crippen LogP contribution in [-0.4, -0.2) is 21.7 Å². The van der Waals surface area contributed by atoms with Crippen molar-refractivity contribution in [2.45, 2.75) is 77.9 Å². The topological polar surface area (TPSA) is 58.7 Å². The first-order chi connectivity index (χ1) is 14.4. The summed E-state index contributed by atoms with van der Waals surface area (Å²) in [5.74, 6) is 3.42. The summed E-state index contributed by atoms with van der Waals surface area (Å²) in [7, 11) is 0. The van der Waals surface area contributed by atoms with Crippen LogP contribution in [0, 0.1) is 58.2 Å². The van der Waals surface area contributed by atoms with Crippen LogP contribution in [0.5, 0.6) is 0 Å². The van der Waals surface area contributed by atoms with E-state index in [4.69, 9.17) is 5.26 Å². The second-order valence-electron chi connectivity index (χ2n) is 11.1. The molecule has 0 radical (unpaired) electrons. The Bertz CT molecular complexity index is 859. The van der Waals surface area contributed by atoms with Crippen molar-refractivity contribution >= 4 is 5.78 Å². The number of hydrogen-bond donors (Lipinski definition) is 0. The van der Waals surface area contributed by atoms with Gasteiger partial charge in [0, 0.05) is 12.1 Å². The summed E-state index contributed by atoms with van der Waals surface area (Å²) in [5.41, 5.74) is 0.490. The van der Waals surface area contributed by atoms with E-state index in [1.165, 1.54) is 25.5 Å². The fourth-order valence-corrected chi connectivity index (χ4v) is 8.32. The van der Waals surface area contributed by atoms with Crippen LogP contribution in [0.15, 0.2) is 12.4 Å². The van der Waals surface area contributed by atoms with Crippen molar-refractivity contribution in [3.63, 3.8) is 0 Å². The molecule has 0 saturated heterocycles. The number of Topliss-reactive ketones (excluding diaryl/α,β-unsaturated/α-hetero) is 1. The van der Waals surface area contributed by atoms with E-state index in [1.807, 2.05) is 0 Å². The van der Waals surface area contributed by atoms with Crippen LogP contribution < -0.4 is 0 Å². The highest BCUT2D eigenvalue weighted by molar-refractivity contribution is 5.82. The fourth-order valence-electron chi connectivity index (χ4n) is 8.32. The van der Waals surface area contributed by atoms with Gasteiger partial charge >= 0.3 is 0 Å². The van der Waals surface area contributed by atoms with Gasteiger partial charge in [-0.05, 0) is 85.9 Å². The van der Waals surface area contributed by atoms with Crippen LogP contribution in [0.4, 0.5) is 4.39 Å². The molecule has 0 aliphatic heterocycles. The van der Waals surface area contributed by atoms with Gasteiger partial charge in [-0.25, -0.2) is 4.39 Å². The lowest BCUT2D eigenvalue weighted by Crippen LogP contribution is -2.52. The smallest absolute Gasteiger partial charge is 0.157 e. The average Bonchev–Trinajstić information content (AvgIpc) is 3.32. The first-order valence-electron chi connectivity index (χ1n) is 12.0. The van der Waals surface area contributed by atoms with Gasteiger partial charge in [0.2, 0.25) is 0 Å². The van der Waals surface area contributed by atoms with Gasteiger partial charge in [0.15, 0.2) is 5.78 Å². The van der Waals surface area contributed by atoms with Gasteiger partial charge in [0.25, 0.3) is 0 Å². The summed E-state index contributed by atoms with van der Waals surface area (Å²) in [4.78, 5) is 13.2. The Morgan fingerprint density at radius 3 is 2.77 bits per heavy atom. The molecule has 4 fully saturated rings. The number of alkyl halides is 1. The maximum absolute atomic E-state index is 15.3. The average molecular weight is 412 g/mol. The number of aromatic nitrogens is 2. The maximum atomic E-state index is 15.3. The Kier molecular flexibility index (Phi) is 5.03. The summed E-state index contributed by atoms with van der Waals surface area (Å²) in [6.45, 7) is 4.85. The molecule has 5 rings (SSSR count). The van der Waals surface area contributed by atoms with Crippen LogP contribution in [0.25, 0.3) is 0 Å². The number of nitrogens with zero attached hydrogens (tertiary/aromatic N) is 3. The number of halogens is 1. The molecule has 4 aliphatic carbocycles. The zero-order valence-corrected chi connectivity index (χ0v) is 18.3. The van der Waals surface area contributed by atoms with E-state index in [0.29, 0.717) is 35.2 Å². The SMILES string of the molecule is CC1CCC2C(C1)C(F)CC1C2CCC2(C)C(C(=O)Cn3cc(C#N)cn3)CCC12. The molecule has 1 aromatic rings. The fraction of sp³-hybridized carbons (Fsp3) is 0.800. The summed E-state index contributed by atoms with van der Waals surface area (Å²) in [6, 6.07) is 2.07. The number of rotatable bonds is 3. The van der Waals surface area contributed by atoms with Crippen molar-refractivity contribution in [3.05, 3.63) is 18.0 Å². The molecule has 0 aromatic carbocycles. The molecule has 30 heavy (non-hydrogen) atoms. The van der Waals surface area contributed by atoms with Crippen LogP contribution in [0.3, 0.4) is 0 Å². The highest BCUT2D eigenvalue weighted by Gasteiger charge is 2.59. The van der Waals surface area contributed by atoms with E-state index < -0.39 is 6.17 Å². The van der Waals surface area contributed by atoms with Gasteiger partial charge in [-0.2, -0.15) is 10.4 Å². The number of carbonyl (C=O) groups is 1. The van der Waals surface area contributed by atoms with Crippen LogP contribution in [0.1, 0.15) is 70.8 Å². The largest absolute Gasteiger partial charge is 0.297 e. The summed E-state index contributed by atoms with van der Waals surface area (Å²) in [6.07, 6.45) is 11.1. The molecule has 4 saturated carbocycles. The third kappa shape index (κ3) is 3.13. The van der Waals surface area contributed by atoms with E-state index in [1.54, 1.807) is 10.9 Å². The van der Waals surface area contributed by atoms with Gasteiger partial charge in [0.05, 0.1) is 18.3 Å². The molecular formula is C25H34FN3O. The van der Waals surface area contributed by atoms with Gasteiger partial charge in [-0.1, -0.05) is 20.3 Å². The molecule has 9 atom stereocenters. The number of ketones is 1. The predicted molar refractivity (Wildman–Crippen MR) is 112 cm³/mol. The molecule has 0 amide bonds. The second-order valence-corrected chi connectivity index (χ2v) is 11.1. The zero-order chi connectivity index (χ0) is 21.0. The summed E-state index contributed by atoms with van der Waals surface area (Å²) >= 11 is 0. The third-order valence-electron chi connectivity index (χ3n) is 9.69. The number of hydrogen-bond acceptors (Lipinski definition) is 3. The number of fused-ring (bicyclic) bond motifs is 5. The van der Waals surface area contributed by atoms with E-state index in [0.717, 1.165) is 32.1 Å². The Labute approximate surface area is 179 Å². The van der Waals surface area contributed by atoms with Crippen LogP contribution >= 0.6 is 0 Å². The Morgan fingerprint density at radius 1 is 1.20 bits per heavy atom. The highest BCUT2D eigenvalue weighted by atomic mass is 19.1.